The van der Waals surface area contributed by atoms with Crippen LogP contribution in [0, 0.1) is 10.1 Å². The molecule has 0 aliphatic heterocycles. The smallest absolute Gasteiger partial charge is 0.270 e. The summed E-state index contributed by atoms with van der Waals surface area (Å²) >= 11 is 7.24. The van der Waals surface area contributed by atoms with Gasteiger partial charge in [0.05, 0.1) is 15.5 Å². The summed E-state index contributed by atoms with van der Waals surface area (Å²) in [6.45, 7) is 2.12. The molecule has 0 radical (unpaired) electrons. The summed E-state index contributed by atoms with van der Waals surface area (Å²) in [4.78, 5) is 22.3. The molecule has 1 aromatic heterocycles. The molecule has 0 fully saturated rings. The van der Waals surface area contributed by atoms with Gasteiger partial charge in [0.2, 0.25) is 5.13 Å². The number of hydrogen-bond acceptors (Lipinski definition) is 6. The number of halogens is 1. The third-order valence-corrected chi connectivity index (χ3v) is 4.30. The SMILES string of the molecule is CCCCCc1nnc(NC(=O)c2ccc([N+](=O)[O-])cc2Cl)s1. The van der Waals surface area contributed by atoms with Crippen LogP contribution in [-0.2, 0) is 6.42 Å². The van der Waals surface area contributed by atoms with Crippen LogP contribution < -0.4 is 5.32 Å². The number of amides is 1. The molecule has 1 heterocycles. The maximum Gasteiger partial charge on any atom is 0.270 e. The third kappa shape index (κ3) is 4.70. The van der Waals surface area contributed by atoms with Gasteiger partial charge in [-0.25, -0.2) is 0 Å². The van der Waals surface area contributed by atoms with Crippen LogP contribution in [0.2, 0.25) is 5.02 Å². The first kappa shape index (κ1) is 17.3. The molecular formula is C14H15ClN4O3S. The zero-order valence-corrected chi connectivity index (χ0v) is 14.0. The highest BCUT2D eigenvalue weighted by molar-refractivity contribution is 7.15. The minimum absolute atomic E-state index is 0.0179. The van der Waals surface area contributed by atoms with E-state index in [-0.39, 0.29) is 16.3 Å². The molecule has 0 unspecified atom stereocenters. The van der Waals surface area contributed by atoms with E-state index in [9.17, 15) is 14.9 Å². The number of nitro benzene ring substituents is 1. The predicted octanol–water partition coefficient (Wildman–Crippen LogP) is 4.08. The number of unbranched alkanes of at least 4 members (excludes halogenated alkanes) is 2. The van der Waals surface area contributed by atoms with Crippen molar-refractivity contribution in [3.8, 4) is 0 Å². The Kier molecular flexibility index (Phi) is 6.00. The Morgan fingerprint density at radius 2 is 2.17 bits per heavy atom. The van der Waals surface area contributed by atoms with Gasteiger partial charge in [-0.1, -0.05) is 42.7 Å². The van der Waals surface area contributed by atoms with E-state index in [0.717, 1.165) is 36.8 Å². The highest BCUT2D eigenvalue weighted by atomic mass is 35.5. The molecule has 0 aliphatic carbocycles. The lowest BCUT2D eigenvalue weighted by molar-refractivity contribution is -0.384. The van der Waals surface area contributed by atoms with Gasteiger partial charge in [0.1, 0.15) is 5.01 Å². The molecule has 2 aromatic rings. The fourth-order valence-corrected chi connectivity index (χ4v) is 2.93. The molecular weight excluding hydrogens is 340 g/mol. The van der Waals surface area contributed by atoms with Crippen molar-refractivity contribution in [3.05, 3.63) is 43.9 Å². The normalized spacial score (nSPS) is 10.5. The Morgan fingerprint density at radius 1 is 1.39 bits per heavy atom. The first-order valence-corrected chi connectivity index (χ1v) is 8.28. The lowest BCUT2D eigenvalue weighted by atomic mass is 10.2. The Labute approximate surface area is 141 Å². The van der Waals surface area contributed by atoms with Crippen LogP contribution in [-0.4, -0.2) is 21.0 Å². The second kappa shape index (κ2) is 7.98. The summed E-state index contributed by atoms with van der Waals surface area (Å²) < 4.78 is 0. The topological polar surface area (TPSA) is 98.0 Å². The Bertz CT molecular complexity index is 720. The molecule has 0 atom stereocenters. The van der Waals surface area contributed by atoms with E-state index < -0.39 is 10.8 Å². The summed E-state index contributed by atoms with van der Waals surface area (Å²) in [7, 11) is 0. The van der Waals surface area contributed by atoms with E-state index in [1.807, 2.05) is 0 Å². The van der Waals surface area contributed by atoms with Crippen molar-refractivity contribution in [2.24, 2.45) is 0 Å². The van der Waals surface area contributed by atoms with Gasteiger partial charge < -0.3 is 0 Å². The highest BCUT2D eigenvalue weighted by Gasteiger charge is 2.16. The Balaban J connectivity index is 2.03. The molecule has 0 saturated carbocycles. The Hall–Kier alpha value is -2.06. The standard InChI is InChI=1S/C14H15ClN4O3S/c1-2-3-4-5-12-17-18-14(23-12)16-13(20)10-7-6-9(19(21)22)8-11(10)15/h6-8H,2-5H2,1H3,(H,16,18,20). The number of nitrogens with one attached hydrogen (secondary N) is 1. The molecule has 1 N–H and O–H groups in total. The minimum Gasteiger partial charge on any atom is -0.296 e. The number of carbonyl (C=O) groups excluding carboxylic acids is 1. The van der Waals surface area contributed by atoms with E-state index >= 15 is 0 Å². The van der Waals surface area contributed by atoms with E-state index in [0.29, 0.717) is 5.13 Å². The van der Waals surface area contributed by atoms with Gasteiger partial charge in [0.15, 0.2) is 0 Å². The van der Waals surface area contributed by atoms with Crippen LogP contribution in [0.4, 0.5) is 10.8 Å². The van der Waals surface area contributed by atoms with Crippen molar-refractivity contribution in [1.29, 1.82) is 0 Å². The number of aryl methyl sites for hydroxylation is 1. The fraction of sp³-hybridized carbons (Fsp3) is 0.357. The summed E-state index contributed by atoms with van der Waals surface area (Å²) in [5, 5.41) is 22.5. The summed E-state index contributed by atoms with van der Waals surface area (Å²) in [6.07, 6.45) is 4.12. The van der Waals surface area contributed by atoms with Gasteiger partial charge in [-0.3, -0.25) is 20.2 Å². The second-order valence-corrected chi connectivity index (χ2v) is 6.30. The van der Waals surface area contributed by atoms with Gasteiger partial charge in [0.25, 0.3) is 11.6 Å². The van der Waals surface area contributed by atoms with Crippen molar-refractivity contribution in [3.63, 3.8) is 0 Å². The maximum atomic E-state index is 12.2. The van der Waals surface area contributed by atoms with Crippen molar-refractivity contribution >= 4 is 39.7 Å². The monoisotopic (exact) mass is 354 g/mol. The van der Waals surface area contributed by atoms with Gasteiger partial charge in [-0.15, -0.1) is 10.2 Å². The number of benzene rings is 1. The molecule has 1 aromatic carbocycles. The zero-order chi connectivity index (χ0) is 16.8. The molecule has 9 heteroatoms. The number of hydrogen-bond donors (Lipinski definition) is 1. The van der Waals surface area contributed by atoms with Crippen LogP contribution in [0.3, 0.4) is 0 Å². The summed E-state index contributed by atoms with van der Waals surface area (Å²) in [6, 6.07) is 3.70. The largest absolute Gasteiger partial charge is 0.296 e. The maximum absolute atomic E-state index is 12.2. The van der Waals surface area contributed by atoms with Crippen LogP contribution in [0.15, 0.2) is 18.2 Å². The van der Waals surface area contributed by atoms with E-state index in [2.05, 4.69) is 22.4 Å². The summed E-state index contributed by atoms with van der Waals surface area (Å²) in [5.74, 6) is -0.471. The van der Waals surface area contributed by atoms with Crippen molar-refractivity contribution < 1.29 is 9.72 Å². The number of non-ortho nitro benzene ring substituents is 1. The van der Waals surface area contributed by atoms with E-state index in [4.69, 9.17) is 11.6 Å². The molecule has 0 aliphatic rings. The van der Waals surface area contributed by atoms with E-state index in [1.54, 1.807) is 0 Å². The van der Waals surface area contributed by atoms with E-state index in [1.165, 1.54) is 23.5 Å². The zero-order valence-electron chi connectivity index (χ0n) is 12.4. The van der Waals surface area contributed by atoms with Gasteiger partial charge in [-0.05, 0) is 12.5 Å². The van der Waals surface area contributed by atoms with Gasteiger partial charge in [0, 0.05) is 18.6 Å². The number of nitro groups is 1. The molecule has 2 rings (SSSR count). The quantitative estimate of drug-likeness (QED) is 0.458. The van der Waals surface area contributed by atoms with Crippen LogP contribution in [0.1, 0.15) is 41.6 Å². The molecule has 122 valence electrons. The average Bonchev–Trinajstić information content (AvgIpc) is 2.94. The minimum atomic E-state index is -0.569. The first-order chi connectivity index (χ1) is 11.0. The first-order valence-electron chi connectivity index (χ1n) is 7.09. The number of carbonyl (C=O) groups is 1. The second-order valence-electron chi connectivity index (χ2n) is 4.83. The van der Waals surface area contributed by atoms with Crippen LogP contribution >= 0.6 is 22.9 Å². The van der Waals surface area contributed by atoms with Gasteiger partial charge >= 0.3 is 0 Å². The highest BCUT2D eigenvalue weighted by Crippen LogP contribution is 2.24. The molecule has 23 heavy (non-hydrogen) atoms. The fourth-order valence-electron chi connectivity index (χ4n) is 1.90. The third-order valence-electron chi connectivity index (χ3n) is 3.09. The number of nitrogens with zero attached hydrogens (tertiary/aromatic N) is 3. The lowest BCUT2D eigenvalue weighted by Gasteiger charge is -2.03. The summed E-state index contributed by atoms with van der Waals surface area (Å²) in [5.41, 5.74) is -0.0133. The predicted molar refractivity (Wildman–Crippen MR) is 89.2 cm³/mol. The Morgan fingerprint density at radius 3 is 2.83 bits per heavy atom. The van der Waals surface area contributed by atoms with Gasteiger partial charge in [-0.2, -0.15) is 0 Å². The van der Waals surface area contributed by atoms with Crippen molar-refractivity contribution in [2.45, 2.75) is 32.6 Å². The van der Waals surface area contributed by atoms with Crippen molar-refractivity contribution in [2.75, 3.05) is 5.32 Å². The lowest BCUT2D eigenvalue weighted by Crippen LogP contribution is -2.12. The number of aromatic nitrogens is 2. The van der Waals surface area contributed by atoms with Crippen LogP contribution in [0.5, 0.6) is 0 Å². The number of anilines is 1. The van der Waals surface area contributed by atoms with Crippen LogP contribution in [0.25, 0.3) is 0 Å². The molecule has 0 saturated heterocycles. The molecule has 0 bridgehead atoms. The number of rotatable bonds is 7. The molecule has 7 nitrogen and oxygen atoms in total. The molecule has 0 spiro atoms. The average molecular weight is 355 g/mol. The van der Waals surface area contributed by atoms with Crippen molar-refractivity contribution in [1.82, 2.24) is 10.2 Å². The molecule has 1 amide bonds.